The molecule has 8 nitrogen and oxygen atoms in total. The monoisotopic (exact) mass is 353 g/mol. The number of ether oxygens (including phenoxy) is 1. The van der Waals surface area contributed by atoms with E-state index in [1.165, 1.54) is 7.11 Å². The second-order valence-electron chi connectivity index (χ2n) is 5.13. The van der Waals surface area contributed by atoms with Crippen molar-refractivity contribution in [1.82, 2.24) is 5.16 Å². The van der Waals surface area contributed by atoms with Crippen LogP contribution in [0.3, 0.4) is 0 Å². The highest BCUT2D eigenvalue weighted by atomic mass is 32.2. The van der Waals surface area contributed by atoms with Gasteiger partial charge in [-0.25, -0.2) is 8.42 Å². The number of nitrogens with one attached hydrogen (secondary N) is 1. The van der Waals surface area contributed by atoms with Crippen LogP contribution in [0.1, 0.15) is 12.2 Å². The molecular weight excluding hydrogens is 334 g/mol. The van der Waals surface area contributed by atoms with Gasteiger partial charge in [0, 0.05) is 19.0 Å². The number of amides is 1. The minimum atomic E-state index is -3.58. The lowest BCUT2D eigenvalue weighted by Crippen LogP contribution is -2.33. The first-order valence-corrected chi connectivity index (χ1v) is 9.00. The molecule has 1 heterocycles. The molecule has 1 amide bonds. The summed E-state index contributed by atoms with van der Waals surface area (Å²) in [6, 6.07) is 8.30. The smallest absolute Gasteiger partial charge is 0.232 e. The van der Waals surface area contributed by atoms with E-state index < -0.39 is 10.0 Å². The Kier molecular flexibility index (Phi) is 5.45. The van der Waals surface area contributed by atoms with Gasteiger partial charge >= 0.3 is 0 Å². The van der Waals surface area contributed by atoms with Gasteiger partial charge in [-0.05, 0) is 19.1 Å². The number of rotatable bonds is 7. The molecule has 0 saturated heterocycles. The van der Waals surface area contributed by atoms with Gasteiger partial charge in [-0.3, -0.25) is 9.10 Å². The lowest BCUT2D eigenvalue weighted by molar-refractivity contribution is -0.116. The summed E-state index contributed by atoms with van der Waals surface area (Å²) in [5, 5.41) is 6.21. The number of aromatic nitrogens is 1. The summed E-state index contributed by atoms with van der Waals surface area (Å²) in [4.78, 5) is 12.0. The number of methoxy groups -OCH3 is 1. The van der Waals surface area contributed by atoms with Gasteiger partial charge in [0.1, 0.15) is 11.5 Å². The molecule has 1 aromatic heterocycles. The SMILES string of the molecule is COc1ccccc1N(CCC(=O)Nc1cc(C)on1)S(C)(=O)=O. The van der Waals surface area contributed by atoms with Crippen LogP contribution in [0.2, 0.25) is 0 Å². The van der Waals surface area contributed by atoms with E-state index in [4.69, 9.17) is 9.26 Å². The van der Waals surface area contributed by atoms with Gasteiger partial charge in [0.15, 0.2) is 5.82 Å². The maximum absolute atomic E-state index is 12.1. The summed E-state index contributed by atoms with van der Waals surface area (Å²) >= 11 is 0. The highest BCUT2D eigenvalue weighted by Gasteiger charge is 2.21. The van der Waals surface area contributed by atoms with Crippen molar-refractivity contribution in [3.05, 3.63) is 36.1 Å². The number of carbonyl (C=O) groups excluding carboxylic acids is 1. The number of anilines is 2. The molecule has 0 aliphatic carbocycles. The fourth-order valence-corrected chi connectivity index (χ4v) is 3.07. The van der Waals surface area contributed by atoms with E-state index in [1.54, 1.807) is 37.3 Å². The molecule has 9 heteroatoms. The second kappa shape index (κ2) is 7.35. The van der Waals surface area contributed by atoms with E-state index in [0.29, 0.717) is 23.0 Å². The Morgan fingerprint density at radius 1 is 1.38 bits per heavy atom. The Labute approximate surface area is 140 Å². The molecule has 1 N–H and O–H groups in total. The number of sulfonamides is 1. The molecule has 0 bridgehead atoms. The third-order valence-corrected chi connectivity index (χ3v) is 4.37. The average molecular weight is 353 g/mol. The Hall–Kier alpha value is -2.55. The van der Waals surface area contributed by atoms with E-state index in [2.05, 4.69) is 10.5 Å². The molecule has 0 unspecified atom stereocenters. The predicted molar refractivity (Wildman–Crippen MR) is 89.7 cm³/mol. The quantitative estimate of drug-likeness (QED) is 0.814. The molecule has 0 aliphatic heterocycles. The van der Waals surface area contributed by atoms with Crippen molar-refractivity contribution >= 4 is 27.4 Å². The van der Waals surface area contributed by atoms with E-state index >= 15 is 0 Å². The average Bonchev–Trinajstić information content (AvgIpc) is 2.91. The predicted octanol–water partition coefficient (Wildman–Crippen LogP) is 1.79. The molecule has 0 atom stereocenters. The lowest BCUT2D eigenvalue weighted by Gasteiger charge is -2.23. The minimum Gasteiger partial charge on any atom is -0.495 e. The van der Waals surface area contributed by atoms with Crippen LogP contribution in [0.4, 0.5) is 11.5 Å². The van der Waals surface area contributed by atoms with Crippen molar-refractivity contribution in [3.8, 4) is 5.75 Å². The maximum Gasteiger partial charge on any atom is 0.232 e. The summed E-state index contributed by atoms with van der Waals surface area (Å²) in [6.07, 6.45) is 1.04. The molecule has 130 valence electrons. The largest absolute Gasteiger partial charge is 0.495 e. The van der Waals surface area contributed by atoms with Crippen molar-refractivity contribution in [1.29, 1.82) is 0 Å². The Morgan fingerprint density at radius 2 is 2.08 bits per heavy atom. The molecule has 0 aliphatic rings. The highest BCUT2D eigenvalue weighted by molar-refractivity contribution is 7.92. The third kappa shape index (κ3) is 4.48. The molecule has 2 aromatic rings. The van der Waals surface area contributed by atoms with Gasteiger partial charge in [0.2, 0.25) is 15.9 Å². The second-order valence-corrected chi connectivity index (χ2v) is 7.03. The van der Waals surface area contributed by atoms with Crippen molar-refractivity contribution in [2.24, 2.45) is 0 Å². The number of para-hydroxylation sites is 2. The first-order valence-electron chi connectivity index (χ1n) is 7.15. The van der Waals surface area contributed by atoms with Gasteiger partial charge in [0.25, 0.3) is 0 Å². The molecule has 0 fully saturated rings. The standard InChI is InChI=1S/C15H19N3O5S/c1-11-10-14(17-23-11)16-15(19)8-9-18(24(3,20)21)12-6-4-5-7-13(12)22-2/h4-7,10H,8-9H2,1-3H3,(H,16,17,19). The first kappa shape index (κ1) is 17.8. The zero-order chi connectivity index (χ0) is 17.7. The Bertz CT molecular complexity index is 816. The maximum atomic E-state index is 12.1. The van der Waals surface area contributed by atoms with E-state index in [0.717, 1.165) is 10.6 Å². The molecule has 0 saturated carbocycles. The van der Waals surface area contributed by atoms with Crippen LogP contribution in [0.15, 0.2) is 34.9 Å². The number of aryl methyl sites for hydroxylation is 1. The number of benzene rings is 1. The van der Waals surface area contributed by atoms with Gasteiger partial charge in [-0.2, -0.15) is 0 Å². The number of hydrogen-bond donors (Lipinski definition) is 1. The lowest BCUT2D eigenvalue weighted by atomic mass is 10.3. The Morgan fingerprint density at radius 3 is 2.67 bits per heavy atom. The summed E-state index contributed by atoms with van der Waals surface area (Å²) in [5.41, 5.74) is 0.382. The van der Waals surface area contributed by atoms with E-state index in [-0.39, 0.29) is 18.9 Å². The Balaban J connectivity index is 2.11. The molecule has 0 spiro atoms. The summed E-state index contributed by atoms with van der Waals surface area (Å²) in [6.45, 7) is 1.68. The minimum absolute atomic E-state index is 0.0259. The van der Waals surface area contributed by atoms with Gasteiger partial charge < -0.3 is 14.6 Å². The molecule has 0 radical (unpaired) electrons. The zero-order valence-electron chi connectivity index (χ0n) is 13.6. The van der Waals surface area contributed by atoms with Crippen molar-refractivity contribution in [2.45, 2.75) is 13.3 Å². The van der Waals surface area contributed by atoms with E-state index in [9.17, 15) is 13.2 Å². The van der Waals surface area contributed by atoms with Gasteiger partial charge in [-0.1, -0.05) is 17.3 Å². The van der Waals surface area contributed by atoms with Gasteiger partial charge in [0.05, 0.1) is 19.1 Å². The fourth-order valence-electron chi connectivity index (χ4n) is 2.13. The van der Waals surface area contributed by atoms with Gasteiger partial charge in [-0.15, -0.1) is 0 Å². The summed E-state index contributed by atoms with van der Waals surface area (Å²) in [5.74, 6) is 0.903. The zero-order valence-corrected chi connectivity index (χ0v) is 14.5. The topological polar surface area (TPSA) is 102 Å². The summed E-state index contributed by atoms with van der Waals surface area (Å²) in [7, 11) is -2.12. The van der Waals surface area contributed by atoms with Crippen LogP contribution in [0, 0.1) is 6.92 Å². The fraction of sp³-hybridized carbons (Fsp3) is 0.333. The highest BCUT2D eigenvalue weighted by Crippen LogP contribution is 2.29. The molecule has 1 aromatic carbocycles. The van der Waals surface area contributed by atoms with Crippen LogP contribution in [0.25, 0.3) is 0 Å². The molecule has 24 heavy (non-hydrogen) atoms. The number of hydrogen-bond acceptors (Lipinski definition) is 6. The first-order chi connectivity index (χ1) is 11.3. The van der Waals surface area contributed by atoms with Crippen LogP contribution >= 0.6 is 0 Å². The number of nitrogens with zero attached hydrogens (tertiary/aromatic N) is 2. The summed E-state index contributed by atoms with van der Waals surface area (Å²) < 4.78 is 35.4. The van der Waals surface area contributed by atoms with Crippen molar-refractivity contribution in [2.75, 3.05) is 29.5 Å². The van der Waals surface area contributed by atoms with Crippen LogP contribution < -0.4 is 14.4 Å². The normalized spacial score (nSPS) is 11.1. The van der Waals surface area contributed by atoms with Crippen LogP contribution in [-0.2, 0) is 14.8 Å². The van der Waals surface area contributed by atoms with E-state index in [1.807, 2.05) is 0 Å². The van der Waals surface area contributed by atoms with Crippen LogP contribution in [-0.4, -0.2) is 39.4 Å². The van der Waals surface area contributed by atoms with Crippen LogP contribution in [0.5, 0.6) is 5.75 Å². The van der Waals surface area contributed by atoms with Crippen molar-refractivity contribution < 1.29 is 22.5 Å². The number of carbonyl (C=O) groups is 1. The van der Waals surface area contributed by atoms with Crippen molar-refractivity contribution in [3.63, 3.8) is 0 Å². The molecule has 2 rings (SSSR count). The molecular formula is C15H19N3O5S. The third-order valence-electron chi connectivity index (χ3n) is 3.19.